The molecule has 1 fully saturated rings. The first-order valence-corrected chi connectivity index (χ1v) is 4.64. The van der Waals surface area contributed by atoms with Gasteiger partial charge in [0.25, 0.3) is 5.91 Å². The standard InChI is InChI=1S/C9H8FN5O/c10-7-1-6(2-12-3-7)9(16)15-4-8(5-15)13-14-11/h1-3,8H,4-5H2. The topological polar surface area (TPSA) is 82.0 Å². The minimum absolute atomic E-state index is 0.171. The van der Waals surface area contributed by atoms with Crippen LogP contribution in [0.15, 0.2) is 23.6 Å². The Labute approximate surface area is 90.3 Å². The predicted molar refractivity (Wildman–Crippen MR) is 53.0 cm³/mol. The molecule has 2 rings (SSSR count). The van der Waals surface area contributed by atoms with E-state index in [9.17, 15) is 9.18 Å². The minimum Gasteiger partial charge on any atom is -0.338 e. The number of rotatable bonds is 2. The zero-order valence-electron chi connectivity index (χ0n) is 8.25. The summed E-state index contributed by atoms with van der Waals surface area (Å²) >= 11 is 0. The summed E-state index contributed by atoms with van der Waals surface area (Å²) < 4.78 is 12.8. The summed E-state index contributed by atoms with van der Waals surface area (Å²) in [6.45, 7) is 0.749. The Bertz CT molecular complexity index is 465. The summed E-state index contributed by atoms with van der Waals surface area (Å²) in [6, 6.07) is 0.964. The number of azide groups is 1. The molecule has 0 spiro atoms. The number of hydrogen-bond acceptors (Lipinski definition) is 3. The molecule has 6 nitrogen and oxygen atoms in total. The maximum Gasteiger partial charge on any atom is 0.255 e. The Morgan fingerprint density at radius 1 is 1.62 bits per heavy atom. The highest BCUT2D eigenvalue weighted by atomic mass is 19.1. The third kappa shape index (κ3) is 1.94. The highest BCUT2D eigenvalue weighted by molar-refractivity contribution is 5.94. The Morgan fingerprint density at radius 2 is 2.38 bits per heavy atom. The second-order valence-electron chi connectivity index (χ2n) is 3.46. The van der Waals surface area contributed by atoms with Gasteiger partial charge in [-0.3, -0.25) is 9.78 Å². The van der Waals surface area contributed by atoms with E-state index < -0.39 is 5.82 Å². The van der Waals surface area contributed by atoms with Crippen LogP contribution in [0.2, 0.25) is 0 Å². The number of nitrogens with zero attached hydrogens (tertiary/aromatic N) is 5. The molecule has 1 amide bonds. The van der Waals surface area contributed by atoms with Crippen LogP contribution in [0, 0.1) is 5.82 Å². The molecule has 0 saturated carbocycles. The average molecular weight is 221 g/mol. The van der Waals surface area contributed by atoms with Crippen molar-refractivity contribution in [1.82, 2.24) is 9.88 Å². The number of aromatic nitrogens is 1. The lowest BCUT2D eigenvalue weighted by atomic mass is 10.1. The van der Waals surface area contributed by atoms with Crippen LogP contribution in [0.1, 0.15) is 10.4 Å². The predicted octanol–water partition coefficient (Wildman–Crippen LogP) is 1.36. The number of carbonyl (C=O) groups excluding carboxylic acids is 1. The summed E-state index contributed by atoms with van der Waals surface area (Å²) in [5.74, 6) is -0.839. The molecule has 2 heterocycles. The van der Waals surface area contributed by atoms with Gasteiger partial charge in [-0.15, -0.1) is 0 Å². The van der Waals surface area contributed by atoms with E-state index in [2.05, 4.69) is 15.0 Å². The van der Waals surface area contributed by atoms with Gasteiger partial charge in [0.05, 0.1) is 17.8 Å². The van der Waals surface area contributed by atoms with Crippen molar-refractivity contribution >= 4 is 5.91 Å². The molecule has 0 aromatic carbocycles. The van der Waals surface area contributed by atoms with Gasteiger partial charge >= 0.3 is 0 Å². The largest absolute Gasteiger partial charge is 0.338 e. The van der Waals surface area contributed by atoms with Crippen LogP contribution in [0.3, 0.4) is 0 Å². The molecule has 1 aliphatic rings. The third-order valence-electron chi connectivity index (χ3n) is 2.32. The van der Waals surface area contributed by atoms with Gasteiger partial charge in [0, 0.05) is 24.2 Å². The van der Waals surface area contributed by atoms with Crippen LogP contribution in [0.5, 0.6) is 0 Å². The van der Waals surface area contributed by atoms with Crippen molar-refractivity contribution < 1.29 is 9.18 Å². The fraction of sp³-hybridized carbons (Fsp3) is 0.333. The highest BCUT2D eigenvalue weighted by Crippen LogP contribution is 2.15. The summed E-state index contributed by atoms with van der Waals surface area (Å²) in [5, 5.41) is 3.47. The lowest BCUT2D eigenvalue weighted by Crippen LogP contribution is -2.52. The first-order valence-electron chi connectivity index (χ1n) is 4.64. The van der Waals surface area contributed by atoms with E-state index in [1.165, 1.54) is 11.1 Å². The number of amides is 1. The van der Waals surface area contributed by atoms with E-state index in [1.807, 2.05) is 0 Å². The molecule has 1 saturated heterocycles. The molecule has 1 aromatic rings. The molecule has 0 bridgehead atoms. The number of carbonyl (C=O) groups is 1. The molecular weight excluding hydrogens is 213 g/mol. The molecule has 0 N–H and O–H groups in total. The summed E-state index contributed by atoms with van der Waals surface area (Å²) in [5.41, 5.74) is 8.38. The zero-order valence-corrected chi connectivity index (χ0v) is 8.25. The van der Waals surface area contributed by atoms with E-state index in [0.29, 0.717) is 13.1 Å². The quantitative estimate of drug-likeness (QED) is 0.429. The fourth-order valence-corrected chi connectivity index (χ4v) is 1.48. The maximum absolute atomic E-state index is 12.8. The van der Waals surface area contributed by atoms with Gasteiger partial charge < -0.3 is 4.90 Å². The molecule has 0 aliphatic carbocycles. The molecule has 0 atom stereocenters. The Balaban J connectivity index is 2.02. The molecule has 0 unspecified atom stereocenters. The van der Waals surface area contributed by atoms with Crippen molar-refractivity contribution in [3.05, 3.63) is 40.3 Å². The summed E-state index contributed by atoms with van der Waals surface area (Å²) in [6.07, 6.45) is 2.35. The van der Waals surface area contributed by atoms with Gasteiger partial charge in [-0.1, -0.05) is 5.11 Å². The monoisotopic (exact) mass is 221 g/mol. The van der Waals surface area contributed by atoms with Crippen molar-refractivity contribution in [1.29, 1.82) is 0 Å². The molecule has 82 valence electrons. The van der Waals surface area contributed by atoms with E-state index in [1.54, 1.807) is 0 Å². The van der Waals surface area contributed by atoms with E-state index in [4.69, 9.17) is 5.53 Å². The first kappa shape index (κ1) is 10.4. The van der Waals surface area contributed by atoms with E-state index >= 15 is 0 Å². The van der Waals surface area contributed by atoms with Gasteiger partial charge in [0.1, 0.15) is 5.82 Å². The SMILES string of the molecule is [N-]=[N+]=NC1CN(C(=O)c2cncc(F)c2)C1. The normalized spacial score (nSPS) is 15.2. The van der Waals surface area contributed by atoms with Crippen molar-refractivity contribution in [2.45, 2.75) is 6.04 Å². The molecule has 1 aromatic heterocycles. The summed E-state index contributed by atoms with van der Waals surface area (Å²) in [7, 11) is 0. The van der Waals surface area contributed by atoms with Gasteiger partial charge in [-0.05, 0) is 11.6 Å². The fourth-order valence-electron chi connectivity index (χ4n) is 1.48. The van der Waals surface area contributed by atoms with Gasteiger partial charge in [-0.2, -0.15) is 0 Å². The van der Waals surface area contributed by atoms with Crippen LogP contribution in [-0.4, -0.2) is 34.9 Å². The first-order chi connectivity index (χ1) is 7.70. The van der Waals surface area contributed by atoms with Crippen LogP contribution < -0.4 is 0 Å². The summed E-state index contributed by atoms with van der Waals surface area (Å²) in [4.78, 5) is 19.4. The lowest BCUT2D eigenvalue weighted by Gasteiger charge is -2.36. The molecule has 0 radical (unpaired) electrons. The molecule has 1 aliphatic heterocycles. The smallest absolute Gasteiger partial charge is 0.255 e. The van der Waals surface area contributed by atoms with Crippen molar-refractivity contribution in [2.24, 2.45) is 5.11 Å². The minimum atomic E-state index is -0.544. The van der Waals surface area contributed by atoms with Crippen molar-refractivity contribution in [3.63, 3.8) is 0 Å². The van der Waals surface area contributed by atoms with Crippen LogP contribution >= 0.6 is 0 Å². The maximum atomic E-state index is 12.8. The Hall–Kier alpha value is -2.14. The second-order valence-corrected chi connectivity index (χ2v) is 3.46. The number of halogens is 1. The number of pyridine rings is 1. The van der Waals surface area contributed by atoms with Gasteiger partial charge in [0.15, 0.2) is 0 Å². The number of hydrogen-bond donors (Lipinski definition) is 0. The highest BCUT2D eigenvalue weighted by Gasteiger charge is 2.30. The van der Waals surface area contributed by atoms with E-state index in [0.717, 1.165) is 12.3 Å². The zero-order chi connectivity index (χ0) is 11.5. The molecular formula is C9H8FN5O. The molecule has 16 heavy (non-hydrogen) atoms. The van der Waals surface area contributed by atoms with Gasteiger partial charge in [0.2, 0.25) is 0 Å². The van der Waals surface area contributed by atoms with Crippen LogP contribution in [0.25, 0.3) is 10.4 Å². The van der Waals surface area contributed by atoms with Crippen molar-refractivity contribution in [2.75, 3.05) is 13.1 Å². The van der Waals surface area contributed by atoms with Crippen LogP contribution in [-0.2, 0) is 0 Å². The van der Waals surface area contributed by atoms with Gasteiger partial charge in [-0.25, -0.2) is 4.39 Å². The second kappa shape index (κ2) is 4.16. The Morgan fingerprint density at radius 3 is 3.00 bits per heavy atom. The van der Waals surface area contributed by atoms with E-state index in [-0.39, 0.29) is 17.5 Å². The van der Waals surface area contributed by atoms with Crippen molar-refractivity contribution in [3.8, 4) is 0 Å². The van der Waals surface area contributed by atoms with Crippen LogP contribution in [0.4, 0.5) is 4.39 Å². The Kier molecular flexibility index (Phi) is 2.70. The number of likely N-dealkylation sites (tertiary alicyclic amines) is 1. The lowest BCUT2D eigenvalue weighted by molar-refractivity contribution is 0.0607. The third-order valence-corrected chi connectivity index (χ3v) is 2.32. The average Bonchev–Trinajstić information content (AvgIpc) is 2.22. The molecule has 7 heteroatoms.